The minimum absolute atomic E-state index is 0.473. The molecule has 4 nitrogen and oxygen atoms in total. The lowest BCUT2D eigenvalue weighted by Gasteiger charge is -2.26. The Kier molecular flexibility index (Phi) is 3.29. The summed E-state index contributed by atoms with van der Waals surface area (Å²) in [6.45, 7) is 6.29. The van der Waals surface area contributed by atoms with Gasteiger partial charge in [-0.3, -0.25) is 4.90 Å². The maximum Gasteiger partial charge on any atom is 0.137 e. The summed E-state index contributed by atoms with van der Waals surface area (Å²) in [5, 5.41) is 0. The van der Waals surface area contributed by atoms with Gasteiger partial charge in [0.15, 0.2) is 0 Å². The van der Waals surface area contributed by atoms with E-state index in [1.54, 1.807) is 0 Å². The van der Waals surface area contributed by atoms with Gasteiger partial charge in [0, 0.05) is 25.0 Å². The van der Waals surface area contributed by atoms with Crippen LogP contribution in [0.5, 0.6) is 0 Å². The third-order valence-corrected chi connectivity index (χ3v) is 4.07. The van der Waals surface area contributed by atoms with Gasteiger partial charge in [-0.15, -0.1) is 0 Å². The third kappa shape index (κ3) is 2.26. The molecule has 0 bridgehead atoms. The standard InChI is InChI=1S/C15H22N4/c1-11(2)19-7-3-4-14(19)13-10-18-9-12(8-16)5-6-15(18)17-13/h5-6,9-11,14H,3-4,7-8,16H2,1-2H3. The van der Waals surface area contributed by atoms with Crippen molar-refractivity contribution in [1.82, 2.24) is 14.3 Å². The van der Waals surface area contributed by atoms with E-state index in [1.807, 2.05) is 0 Å². The summed E-state index contributed by atoms with van der Waals surface area (Å²) in [4.78, 5) is 7.33. The Balaban J connectivity index is 1.96. The highest BCUT2D eigenvalue weighted by Crippen LogP contribution is 2.32. The largest absolute Gasteiger partial charge is 0.326 e. The van der Waals surface area contributed by atoms with Crippen LogP contribution in [0.1, 0.15) is 44.0 Å². The molecule has 2 N–H and O–H groups in total. The zero-order chi connectivity index (χ0) is 13.4. The maximum absolute atomic E-state index is 5.69. The van der Waals surface area contributed by atoms with Gasteiger partial charge in [-0.25, -0.2) is 4.98 Å². The van der Waals surface area contributed by atoms with Crippen LogP contribution < -0.4 is 5.73 Å². The van der Waals surface area contributed by atoms with E-state index in [0.29, 0.717) is 18.6 Å². The highest BCUT2D eigenvalue weighted by atomic mass is 15.2. The number of rotatable bonds is 3. The molecule has 3 rings (SSSR count). The van der Waals surface area contributed by atoms with E-state index in [4.69, 9.17) is 10.7 Å². The molecule has 0 aliphatic carbocycles. The summed E-state index contributed by atoms with van der Waals surface area (Å²) < 4.78 is 2.11. The normalized spacial score (nSPS) is 20.7. The molecule has 2 aromatic heterocycles. The molecule has 19 heavy (non-hydrogen) atoms. The van der Waals surface area contributed by atoms with Crippen molar-refractivity contribution in [2.75, 3.05) is 6.54 Å². The van der Waals surface area contributed by atoms with E-state index >= 15 is 0 Å². The average Bonchev–Trinajstić information content (AvgIpc) is 3.03. The Labute approximate surface area is 114 Å². The number of pyridine rings is 1. The van der Waals surface area contributed by atoms with Gasteiger partial charge >= 0.3 is 0 Å². The second-order valence-electron chi connectivity index (χ2n) is 5.66. The fourth-order valence-corrected chi connectivity index (χ4v) is 3.06. The minimum Gasteiger partial charge on any atom is -0.326 e. The van der Waals surface area contributed by atoms with Gasteiger partial charge in [0.05, 0.1) is 11.7 Å². The van der Waals surface area contributed by atoms with Gasteiger partial charge in [-0.05, 0) is 44.9 Å². The Morgan fingerprint density at radius 2 is 2.21 bits per heavy atom. The van der Waals surface area contributed by atoms with Crippen molar-refractivity contribution < 1.29 is 0 Å². The van der Waals surface area contributed by atoms with Gasteiger partial charge in [0.2, 0.25) is 0 Å². The molecule has 1 aliphatic heterocycles. The first-order chi connectivity index (χ1) is 9.19. The lowest BCUT2D eigenvalue weighted by Crippen LogP contribution is -2.30. The maximum atomic E-state index is 5.69. The van der Waals surface area contributed by atoms with E-state index in [1.165, 1.54) is 25.1 Å². The Morgan fingerprint density at radius 1 is 1.37 bits per heavy atom. The molecule has 1 aliphatic rings. The summed E-state index contributed by atoms with van der Waals surface area (Å²) >= 11 is 0. The van der Waals surface area contributed by atoms with Crippen LogP contribution in [0.15, 0.2) is 24.5 Å². The minimum atomic E-state index is 0.473. The molecule has 1 unspecified atom stereocenters. The summed E-state index contributed by atoms with van der Waals surface area (Å²) in [5.74, 6) is 0. The fraction of sp³-hybridized carbons (Fsp3) is 0.533. The molecule has 1 atom stereocenters. The van der Waals surface area contributed by atoms with E-state index in [2.05, 4.69) is 47.7 Å². The molecule has 1 fully saturated rings. The van der Waals surface area contributed by atoms with Crippen LogP contribution in [0.4, 0.5) is 0 Å². The van der Waals surface area contributed by atoms with Gasteiger partial charge in [0.25, 0.3) is 0 Å². The smallest absolute Gasteiger partial charge is 0.137 e. The first-order valence-electron chi connectivity index (χ1n) is 7.12. The molecule has 0 saturated carbocycles. The van der Waals surface area contributed by atoms with Crippen LogP contribution in [0.25, 0.3) is 5.65 Å². The van der Waals surface area contributed by atoms with Crippen LogP contribution in [-0.4, -0.2) is 26.9 Å². The average molecular weight is 258 g/mol. The fourth-order valence-electron chi connectivity index (χ4n) is 3.06. The number of hydrogen-bond acceptors (Lipinski definition) is 3. The molecule has 102 valence electrons. The van der Waals surface area contributed by atoms with Crippen molar-refractivity contribution in [3.8, 4) is 0 Å². The summed E-state index contributed by atoms with van der Waals surface area (Å²) in [6.07, 6.45) is 6.73. The van der Waals surface area contributed by atoms with Gasteiger partial charge in [0.1, 0.15) is 5.65 Å². The molecular formula is C15H22N4. The highest BCUT2D eigenvalue weighted by molar-refractivity contribution is 5.42. The lowest BCUT2D eigenvalue weighted by molar-refractivity contribution is 0.202. The monoisotopic (exact) mass is 258 g/mol. The second-order valence-corrected chi connectivity index (χ2v) is 5.66. The molecule has 0 radical (unpaired) electrons. The number of likely N-dealkylation sites (tertiary alicyclic amines) is 1. The van der Waals surface area contributed by atoms with Gasteiger partial charge in [-0.1, -0.05) is 6.07 Å². The zero-order valence-electron chi connectivity index (χ0n) is 11.7. The Hall–Kier alpha value is -1.39. The SMILES string of the molecule is CC(C)N1CCCC1c1cn2cc(CN)ccc2n1. The molecule has 0 spiro atoms. The molecule has 1 saturated heterocycles. The summed E-state index contributed by atoms with van der Waals surface area (Å²) in [6, 6.07) is 5.17. The van der Waals surface area contributed by atoms with Gasteiger partial charge < -0.3 is 10.1 Å². The Morgan fingerprint density at radius 3 is 2.95 bits per heavy atom. The van der Waals surface area contributed by atoms with Gasteiger partial charge in [-0.2, -0.15) is 0 Å². The summed E-state index contributed by atoms with van der Waals surface area (Å²) in [7, 11) is 0. The number of aromatic nitrogens is 2. The molecule has 2 aromatic rings. The van der Waals surface area contributed by atoms with Crippen LogP contribution >= 0.6 is 0 Å². The van der Waals surface area contributed by atoms with Crippen molar-refractivity contribution in [3.05, 3.63) is 35.8 Å². The van der Waals surface area contributed by atoms with E-state index in [-0.39, 0.29) is 0 Å². The zero-order valence-corrected chi connectivity index (χ0v) is 11.7. The number of nitrogens with zero attached hydrogens (tertiary/aromatic N) is 3. The molecule has 4 heteroatoms. The quantitative estimate of drug-likeness (QED) is 0.919. The van der Waals surface area contributed by atoms with E-state index in [0.717, 1.165) is 11.2 Å². The van der Waals surface area contributed by atoms with Crippen molar-refractivity contribution in [1.29, 1.82) is 0 Å². The first kappa shape index (κ1) is 12.6. The van der Waals surface area contributed by atoms with Crippen LogP contribution in [0.3, 0.4) is 0 Å². The number of hydrogen-bond donors (Lipinski definition) is 1. The Bertz CT molecular complexity index is 573. The van der Waals surface area contributed by atoms with Crippen LogP contribution in [-0.2, 0) is 6.54 Å². The molecule has 0 amide bonds. The predicted octanol–water partition coefficient (Wildman–Crippen LogP) is 2.34. The van der Waals surface area contributed by atoms with E-state index < -0.39 is 0 Å². The van der Waals surface area contributed by atoms with Crippen molar-refractivity contribution in [3.63, 3.8) is 0 Å². The molecular weight excluding hydrogens is 236 g/mol. The van der Waals surface area contributed by atoms with Crippen molar-refractivity contribution in [2.24, 2.45) is 5.73 Å². The van der Waals surface area contributed by atoms with Crippen LogP contribution in [0.2, 0.25) is 0 Å². The predicted molar refractivity (Wildman–Crippen MR) is 76.9 cm³/mol. The highest BCUT2D eigenvalue weighted by Gasteiger charge is 2.29. The van der Waals surface area contributed by atoms with Crippen molar-refractivity contribution in [2.45, 2.75) is 45.3 Å². The lowest BCUT2D eigenvalue weighted by atomic mass is 10.1. The van der Waals surface area contributed by atoms with Crippen molar-refractivity contribution >= 4 is 5.65 Å². The number of nitrogens with two attached hydrogens (primary N) is 1. The van der Waals surface area contributed by atoms with E-state index in [9.17, 15) is 0 Å². The number of imidazole rings is 1. The molecule has 3 heterocycles. The van der Waals surface area contributed by atoms with Crippen LogP contribution in [0, 0.1) is 0 Å². The third-order valence-electron chi connectivity index (χ3n) is 4.07. The summed E-state index contributed by atoms with van der Waals surface area (Å²) in [5.41, 5.74) is 9.04. The number of fused-ring (bicyclic) bond motifs is 1. The second kappa shape index (κ2) is 4.94. The topological polar surface area (TPSA) is 46.6 Å². The molecule has 0 aromatic carbocycles. The first-order valence-corrected chi connectivity index (χ1v) is 7.12.